The van der Waals surface area contributed by atoms with Gasteiger partial charge < -0.3 is 4.52 Å². The minimum atomic E-state index is 0.0864. The number of nitrogens with zero attached hydrogens (tertiary/aromatic N) is 3. The number of hydrogen-bond acceptors (Lipinski definition) is 4. The molecule has 0 spiro atoms. The molecule has 24 heavy (non-hydrogen) atoms. The monoisotopic (exact) mass is 323 g/mol. The summed E-state index contributed by atoms with van der Waals surface area (Å²) in [5.74, 6) is 1.33. The topological polar surface area (TPSA) is 42.2 Å². The van der Waals surface area contributed by atoms with Crippen molar-refractivity contribution >= 4 is 0 Å². The Balaban J connectivity index is 1.79. The fraction of sp³-hybridized carbons (Fsp3) is 0.400. The molecule has 1 saturated heterocycles. The lowest BCUT2D eigenvalue weighted by molar-refractivity contribution is 0.0337. The van der Waals surface area contributed by atoms with Gasteiger partial charge >= 0.3 is 0 Å². The molecular weight excluding hydrogens is 298 g/mol. The Kier molecular flexibility index (Phi) is 5.26. The van der Waals surface area contributed by atoms with Crippen molar-refractivity contribution in [3.63, 3.8) is 0 Å². The number of aromatic nitrogens is 2. The summed E-state index contributed by atoms with van der Waals surface area (Å²) in [5.41, 5.74) is 1.07. The van der Waals surface area contributed by atoms with Gasteiger partial charge in [-0.15, -0.1) is 13.2 Å². The minimum absolute atomic E-state index is 0.0864. The minimum Gasteiger partial charge on any atom is -0.338 e. The Morgan fingerprint density at radius 1 is 1.12 bits per heavy atom. The summed E-state index contributed by atoms with van der Waals surface area (Å²) in [4.78, 5) is 7.06. The highest BCUT2D eigenvalue weighted by molar-refractivity contribution is 5.53. The van der Waals surface area contributed by atoms with Crippen LogP contribution in [-0.4, -0.2) is 27.1 Å². The number of rotatable bonds is 7. The molecule has 2 heterocycles. The standard InChI is InChI=1S/C20H25N3O/c1-3-12-20(13-4-2)14-8-9-15-23(20)16-18-21-19(22-24-18)17-10-6-5-7-11-17/h3-7,10-11H,1-2,8-9,12-16H2. The lowest BCUT2D eigenvalue weighted by atomic mass is 9.81. The van der Waals surface area contributed by atoms with Crippen LogP contribution < -0.4 is 0 Å². The molecule has 0 radical (unpaired) electrons. The molecule has 2 aromatic rings. The van der Waals surface area contributed by atoms with E-state index in [0.717, 1.165) is 31.4 Å². The smallest absolute Gasteiger partial charge is 0.241 e. The van der Waals surface area contributed by atoms with E-state index in [-0.39, 0.29) is 5.54 Å². The van der Waals surface area contributed by atoms with Crippen LogP contribution >= 0.6 is 0 Å². The van der Waals surface area contributed by atoms with Crippen molar-refractivity contribution in [3.05, 3.63) is 61.5 Å². The van der Waals surface area contributed by atoms with Crippen molar-refractivity contribution in [1.29, 1.82) is 0 Å². The average Bonchev–Trinajstić information content (AvgIpc) is 3.07. The van der Waals surface area contributed by atoms with E-state index in [0.29, 0.717) is 18.3 Å². The lowest BCUT2D eigenvalue weighted by Gasteiger charge is -2.46. The van der Waals surface area contributed by atoms with Crippen LogP contribution in [-0.2, 0) is 6.54 Å². The molecule has 4 heteroatoms. The zero-order chi connectivity index (χ0) is 16.8. The number of hydrogen-bond donors (Lipinski definition) is 0. The molecular formula is C20H25N3O. The van der Waals surface area contributed by atoms with Gasteiger partial charge in [-0.1, -0.05) is 54.1 Å². The van der Waals surface area contributed by atoms with E-state index in [1.807, 2.05) is 42.5 Å². The maximum atomic E-state index is 5.52. The molecule has 0 bridgehead atoms. The summed E-state index contributed by atoms with van der Waals surface area (Å²) >= 11 is 0. The van der Waals surface area contributed by atoms with Crippen LogP contribution in [0.15, 0.2) is 60.2 Å². The summed E-state index contributed by atoms with van der Waals surface area (Å²) < 4.78 is 5.52. The van der Waals surface area contributed by atoms with Gasteiger partial charge in [0.05, 0.1) is 6.54 Å². The van der Waals surface area contributed by atoms with Gasteiger partial charge in [0.1, 0.15) is 0 Å². The number of piperidine rings is 1. The van der Waals surface area contributed by atoms with Crippen molar-refractivity contribution in [2.24, 2.45) is 0 Å². The van der Waals surface area contributed by atoms with Crippen LogP contribution in [0, 0.1) is 0 Å². The molecule has 1 aliphatic rings. The first-order valence-electron chi connectivity index (χ1n) is 8.62. The summed E-state index contributed by atoms with van der Waals surface area (Å²) in [5, 5.41) is 4.14. The molecule has 0 atom stereocenters. The van der Waals surface area contributed by atoms with E-state index in [9.17, 15) is 0 Å². The zero-order valence-corrected chi connectivity index (χ0v) is 14.2. The average molecular weight is 323 g/mol. The molecule has 0 N–H and O–H groups in total. The first-order valence-corrected chi connectivity index (χ1v) is 8.62. The highest BCUT2D eigenvalue weighted by atomic mass is 16.5. The van der Waals surface area contributed by atoms with Crippen LogP contribution in [0.2, 0.25) is 0 Å². The van der Waals surface area contributed by atoms with Gasteiger partial charge in [0, 0.05) is 11.1 Å². The summed E-state index contributed by atoms with van der Waals surface area (Å²) in [6.45, 7) is 9.64. The van der Waals surface area contributed by atoms with Crippen LogP contribution in [0.5, 0.6) is 0 Å². The predicted molar refractivity (Wildman–Crippen MR) is 96.4 cm³/mol. The Labute approximate surface area is 143 Å². The third-order valence-electron chi connectivity index (χ3n) is 4.87. The van der Waals surface area contributed by atoms with Crippen LogP contribution in [0.25, 0.3) is 11.4 Å². The lowest BCUT2D eigenvalue weighted by Crippen LogP contribution is -2.50. The Morgan fingerprint density at radius 2 is 1.88 bits per heavy atom. The second-order valence-corrected chi connectivity index (χ2v) is 6.47. The van der Waals surface area contributed by atoms with Crippen molar-refractivity contribution in [1.82, 2.24) is 15.0 Å². The number of benzene rings is 1. The Morgan fingerprint density at radius 3 is 2.58 bits per heavy atom. The molecule has 3 rings (SSSR count). The largest absolute Gasteiger partial charge is 0.338 e. The normalized spacial score (nSPS) is 17.5. The molecule has 126 valence electrons. The molecule has 1 aliphatic heterocycles. The van der Waals surface area contributed by atoms with Crippen molar-refractivity contribution < 1.29 is 4.52 Å². The second kappa shape index (κ2) is 7.58. The predicted octanol–water partition coefficient (Wildman–Crippen LogP) is 4.61. The van der Waals surface area contributed by atoms with Gasteiger partial charge in [-0.05, 0) is 32.2 Å². The molecule has 1 aromatic heterocycles. The van der Waals surface area contributed by atoms with E-state index in [4.69, 9.17) is 4.52 Å². The van der Waals surface area contributed by atoms with Gasteiger partial charge in [0.25, 0.3) is 0 Å². The van der Waals surface area contributed by atoms with Gasteiger partial charge in [-0.3, -0.25) is 4.90 Å². The highest BCUT2D eigenvalue weighted by Crippen LogP contribution is 2.36. The molecule has 0 saturated carbocycles. The van der Waals surface area contributed by atoms with Crippen molar-refractivity contribution in [3.8, 4) is 11.4 Å². The van der Waals surface area contributed by atoms with Crippen molar-refractivity contribution in [2.75, 3.05) is 6.54 Å². The third kappa shape index (κ3) is 3.49. The summed E-state index contributed by atoms with van der Waals surface area (Å²) in [6, 6.07) is 9.94. The SMILES string of the molecule is C=CCC1(CC=C)CCCCN1Cc1nc(-c2ccccc2)no1. The molecule has 1 fully saturated rings. The van der Waals surface area contributed by atoms with Crippen LogP contribution in [0.1, 0.15) is 38.0 Å². The zero-order valence-electron chi connectivity index (χ0n) is 14.2. The van der Waals surface area contributed by atoms with Gasteiger partial charge in [-0.25, -0.2) is 0 Å². The molecule has 0 unspecified atom stereocenters. The Hall–Kier alpha value is -2.20. The first-order chi connectivity index (χ1) is 11.8. The Bertz CT molecular complexity index is 667. The van der Waals surface area contributed by atoms with Crippen LogP contribution in [0.4, 0.5) is 0 Å². The quantitative estimate of drug-likeness (QED) is 0.698. The van der Waals surface area contributed by atoms with Gasteiger partial charge in [-0.2, -0.15) is 4.98 Å². The summed E-state index contributed by atoms with van der Waals surface area (Å²) in [6.07, 6.45) is 9.56. The van der Waals surface area contributed by atoms with E-state index >= 15 is 0 Å². The second-order valence-electron chi connectivity index (χ2n) is 6.47. The third-order valence-corrected chi connectivity index (χ3v) is 4.87. The van der Waals surface area contributed by atoms with E-state index in [1.165, 1.54) is 12.8 Å². The molecule has 0 amide bonds. The first kappa shape index (κ1) is 16.7. The fourth-order valence-electron chi connectivity index (χ4n) is 3.67. The maximum Gasteiger partial charge on any atom is 0.241 e. The van der Waals surface area contributed by atoms with E-state index in [2.05, 4.69) is 28.2 Å². The molecule has 1 aromatic carbocycles. The van der Waals surface area contributed by atoms with Crippen molar-refractivity contribution in [2.45, 2.75) is 44.2 Å². The van der Waals surface area contributed by atoms with Crippen LogP contribution in [0.3, 0.4) is 0 Å². The van der Waals surface area contributed by atoms with Gasteiger partial charge in [0.15, 0.2) is 0 Å². The maximum absolute atomic E-state index is 5.52. The highest BCUT2D eigenvalue weighted by Gasteiger charge is 2.37. The fourth-order valence-corrected chi connectivity index (χ4v) is 3.67. The van der Waals surface area contributed by atoms with E-state index < -0.39 is 0 Å². The molecule has 0 aliphatic carbocycles. The number of likely N-dealkylation sites (tertiary alicyclic amines) is 1. The summed E-state index contributed by atoms with van der Waals surface area (Å²) in [7, 11) is 0. The van der Waals surface area contributed by atoms with E-state index in [1.54, 1.807) is 0 Å². The molecule has 4 nitrogen and oxygen atoms in total. The van der Waals surface area contributed by atoms with Gasteiger partial charge in [0.2, 0.25) is 11.7 Å².